The lowest BCUT2D eigenvalue weighted by atomic mass is 9.76. The zero-order chi connectivity index (χ0) is 10.9. The number of aliphatic carboxylic acids is 2. The second-order valence-electron chi connectivity index (χ2n) is 3.34. The molecule has 0 unspecified atom stereocenters. The standard InChI is InChI=1S/C7H11FO5/c1-6(2,3-8)7(13,4(9)10)5(11)12/h13H,3H2,1-2H3,(H,9,10)(H,11,12). The van der Waals surface area contributed by atoms with Crippen LogP contribution in [0.25, 0.3) is 0 Å². The van der Waals surface area contributed by atoms with Gasteiger partial charge >= 0.3 is 11.9 Å². The predicted octanol–water partition coefficient (Wildman–Crippen LogP) is -0.118. The van der Waals surface area contributed by atoms with E-state index in [4.69, 9.17) is 10.2 Å². The fourth-order valence-corrected chi connectivity index (χ4v) is 0.767. The van der Waals surface area contributed by atoms with Crippen molar-refractivity contribution >= 4 is 11.9 Å². The quantitative estimate of drug-likeness (QED) is 0.542. The summed E-state index contributed by atoms with van der Waals surface area (Å²) in [6, 6.07) is 0. The molecule has 0 aliphatic rings. The number of hydrogen-bond donors (Lipinski definition) is 3. The summed E-state index contributed by atoms with van der Waals surface area (Å²) in [4.78, 5) is 20.9. The highest BCUT2D eigenvalue weighted by atomic mass is 19.1. The summed E-state index contributed by atoms with van der Waals surface area (Å²) in [5.74, 6) is -3.94. The van der Waals surface area contributed by atoms with E-state index < -0.39 is 29.6 Å². The van der Waals surface area contributed by atoms with Gasteiger partial charge in [0.1, 0.15) is 0 Å². The van der Waals surface area contributed by atoms with Gasteiger partial charge in [0, 0.05) is 5.41 Å². The van der Waals surface area contributed by atoms with Gasteiger partial charge in [0.15, 0.2) is 0 Å². The highest BCUT2D eigenvalue weighted by Gasteiger charge is 2.57. The number of alkyl halides is 1. The summed E-state index contributed by atoms with van der Waals surface area (Å²) >= 11 is 0. The molecule has 0 fully saturated rings. The Kier molecular flexibility index (Phi) is 3.00. The van der Waals surface area contributed by atoms with Crippen molar-refractivity contribution in [2.24, 2.45) is 5.41 Å². The van der Waals surface area contributed by atoms with Gasteiger partial charge in [-0.3, -0.25) is 4.39 Å². The normalized spacial score (nSPS) is 12.6. The van der Waals surface area contributed by atoms with Crippen molar-refractivity contribution in [3.8, 4) is 0 Å². The van der Waals surface area contributed by atoms with Crippen LogP contribution in [0, 0.1) is 5.41 Å². The van der Waals surface area contributed by atoms with Gasteiger partial charge in [-0.2, -0.15) is 0 Å². The molecule has 0 aliphatic carbocycles. The van der Waals surface area contributed by atoms with Crippen molar-refractivity contribution in [1.82, 2.24) is 0 Å². The van der Waals surface area contributed by atoms with Gasteiger partial charge in [0.05, 0.1) is 6.67 Å². The lowest BCUT2D eigenvalue weighted by Gasteiger charge is -2.32. The van der Waals surface area contributed by atoms with Crippen LogP contribution in [0.15, 0.2) is 0 Å². The Hall–Kier alpha value is -1.17. The molecule has 0 spiro atoms. The molecule has 76 valence electrons. The molecule has 0 aliphatic heterocycles. The number of carboxylic acid groups (broad SMARTS) is 2. The molecule has 0 atom stereocenters. The Morgan fingerprint density at radius 2 is 1.54 bits per heavy atom. The van der Waals surface area contributed by atoms with E-state index in [1.165, 1.54) is 0 Å². The summed E-state index contributed by atoms with van der Waals surface area (Å²) < 4.78 is 12.3. The first-order valence-corrected chi connectivity index (χ1v) is 3.45. The SMILES string of the molecule is CC(C)(CF)C(O)(C(=O)O)C(=O)O. The lowest BCUT2D eigenvalue weighted by Crippen LogP contribution is -2.58. The molecule has 0 aromatic rings. The maximum absolute atomic E-state index is 12.3. The minimum atomic E-state index is -3.10. The highest BCUT2D eigenvalue weighted by Crippen LogP contribution is 2.32. The molecule has 0 heterocycles. The van der Waals surface area contributed by atoms with E-state index >= 15 is 0 Å². The van der Waals surface area contributed by atoms with Crippen LogP contribution < -0.4 is 0 Å². The summed E-state index contributed by atoms with van der Waals surface area (Å²) in [5.41, 5.74) is -4.97. The monoisotopic (exact) mass is 194 g/mol. The Morgan fingerprint density at radius 1 is 1.23 bits per heavy atom. The van der Waals surface area contributed by atoms with Crippen molar-refractivity contribution < 1.29 is 29.3 Å². The van der Waals surface area contributed by atoms with Gasteiger partial charge in [-0.1, -0.05) is 13.8 Å². The fourth-order valence-electron chi connectivity index (χ4n) is 0.767. The number of hydrogen-bond acceptors (Lipinski definition) is 3. The molecule has 3 N–H and O–H groups in total. The van der Waals surface area contributed by atoms with Crippen LogP contribution in [0.1, 0.15) is 13.8 Å². The van der Waals surface area contributed by atoms with Gasteiger partial charge < -0.3 is 15.3 Å². The minimum Gasteiger partial charge on any atom is -0.479 e. The van der Waals surface area contributed by atoms with Crippen molar-refractivity contribution in [2.45, 2.75) is 19.4 Å². The maximum atomic E-state index is 12.3. The van der Waals surface area contributed by atoms with Crippen LogP contribution in [0.2, 0.25) is 0 Å². The van der Waals surface area contributed by atoms with Gasteiger partial charge in [0.2, 0.25) is 0 Å². The van der Waals surface area contributed by atoms with Crippen LogP contribution >= 0.6 is 0 Å². The van der Waals surface area contributed by atoms with Crippen LogP contribution in [0.5, 0.6) is 0 Å². The molecular weight excluding hydrogens is 183 g/mol. The molecule has 13 heavy (non-hydrogen) atoms. The van der Waals surface area contributed by atoms with Gasteiger partial charge in [-0.25, -0.2) is 9.59 Å². The third-order valence-corrected chi connectivity index (χ3v) is 1.93. The first-order valence-electron chi connectivity index (χ1n) is 3.45. The number of carboxylic acids is 2. The van der Waals surface area contributed by atoms with Crippen molar-refractivity contribution in [3.63, 3.8) is 0 Å². The highest BCUT2D eigenvalue weighted by molar-refractivity contribution is 6.02. The van der Waals surface area contributed by atoms with Gasteiger partial charge in [-0.05, 0) is 0 Å². The van der Waals surface area contributed by atoms with E-state index in [0.29, 0.717) is 0 Å². The Morgan fingerprint density at radius 3 is 1.62 bits per heavy atom. The number of rotatable bonds is 4. The van der Waals surface area contributed by atoms with Crippen molar-refractivity contribution in [2.75, 3.05) is 6.67 Å². The molecule has 0 rings (SSSR count). The molecule has 0 saturated heterocycles. The van der Waals surface area contributed by atoms with E-state index in [9.17, 15) is 19.1 Å². The van der Waals surface area contributed by atoms with E-state index in [1.807, 2.05) is 0 Å². The molecule has 0 bridgehead atoms. The molecule has 6 heteroatoms. The van der Waals surface area contributed by atoms with Crippen molar-refractivity contribution in [3.05, 3.63) is 0 Å². The second-order valence-corrected chi connectivity index (χ2v) is 3.34. The molecule has 0 radical (unpaired) electrons. The first-order chi connectivity index (χ1) is 5.70. The second kappa shape index (κ2) is 3.29. The minimum absolute atomic E-state index is 1.02. The zero-order valence-corrected chi connectivity index (χ0v) is 7.24. The molecule has 0 aromatic heterocycles. The number of aliphatic hydroxyl groups is 1. The zero-order valence-electron chi connectivity index (χ0n) is 7.24. The number of halogens is 1. The van der Waals surface area contributed by atoms with Crippen LogP contribution in [-0.4, -0.2) is 39.5 Å². The Balaban J connectivity index is 5.26. The summed E-state index contributed by atoms with van der Waals surface area (Å²) in [6.45, 7) is 0.798. The molecule has 5 nitrogen and oxygen atoms in total. The predicted molar refractivity (Wildman–Crippen MR) is 40.0 cm³/mol. The third-order valence-electron chi connectivity index (χ3n) is 1.93. The van der Waals surface area contributed by atoms with Crippen LogP contribution in [-0.2, 0) is 9.59 Å². The Bertz CT molecular complexity index is 221. The largest absolute Gasteiger partial charge is 0.479 e. The van der Waals surface area contributed by atoms with Crippen molar-refractivity contribution in [1.29, 1.82) is 0 Å². The maximum Gasteiger partial charge on any atom is 0.348 e. The number of carbonyl (C=O) groups is 2. The summed E-state index contributed by atoms with van der Waals surface area (Å²) in [5, 5.41) is 26.2. The van der Waals surface area contributed by atoms with Crippen LogP contribution in [0.3, 0.4) is 0 Å². The molecule has 0 aromatic carbocycles. The average molecular weight is 194 g/mol. The summed E-state index contributed by atoms with van der Waals surface area (Å²) in [7, 11) is 0. The van der Waals surface area contributed by atoms with E-state index in [-0.39, 0.29) is 0 Å². The Labute approximate surface area is 73.8 Å². The molecule has 0 saturated carbocycles. The van der Waals surface area contributed by atoms with E-state index in [0.717, 1.165) is 13.8 Å². The van der Waals surface area contributed by atoms with Gasteiger partial charge in [0.25, 0.3) is 5.60 Å². The molecular formula is C7H11FO5. The fraction of sp³-hybridized carbons (Fsp3) is 0.714. The third kappa shape index (κ3) is 1.62. The smallest absolute Gasteiger partial charge is 0.348 e. The first kappa shape index (κ1) is 11.8. The van der Waals surface area contributed by atoms with E-state index in [1.54, 1.807) is 0 Å². The topological polar surface area (TPSA) is 94.8 Å². The van der Waals surface area contributed by atoms with Crippen LogP contribution in [0.4, 0.5) is 4.39 Å². The molecule has 0 amide bonds. The summed E-state index contributed by atoms with van der Waals surface area (Å²) in [6.07, 6.45) is 0. The van der Waals surface area contributed by atoms with Gasteiger partial charge in [-0.15, -0.1) is 0 Å². The lowest BCUT2D eigenvalue weighted by molar-refractivity contribution is -0.191. The van der Waals surface area contributed by atoms with E-state index in [2.05, 4.69) is 0 Å². The average Bonchev–Trinajstić information content (AvgIpc) is 2.01.